The van der Waals surface area contributed by atoms with Gasteiger partial charge < -0.3 is 5.32 Å². The smallest absolute Gasteiger partial charge is 0.0958 e. The van der Waals surface area contributed by atoms with Crippen LogP contribution in [0.4, 0.5) is 0 Å². The molecule has 0 aliphatic rings. The molecule has 86 valence electrons. The van der Waals surface area contributed by atoms with Gasteiger partial charge in [0.15, 0.2) is 0 Å². The van der Waals surface area contributed by atoms with E-state index < -0.39 is 0 Å². The molecule has 0 fully saturated rings. The van der Waals surface area contributed by atoms with Crippen LogP contribution in [0.1, 0.15) is 17.5 Å². The van der Waals surface area contributed by atoms with Gasteiger partial charge in [-0.25, -0.2) is 0 Å². The highest BCUT2D eigenvalue weighted by Crippen LogP contribution is 2.23. The summed E-state index contributed by atoms with van der Waals surface area (Å²) in [6.07, 6.45) is 0.880. The van der Waals surface area contributed by atoms with Crippen LogP contribution in [-0.4, -0.2) is 18.8 Å². The fraction of sp³-hybridized carbons (Fsp3) is 0.462. The molecule has 0 saturated carbocycles. The van der Waals surface area contributed by atoms with Crippen LogP contribution in [-0.2, 0) is 0 Å². The molecule has 16 heavy (non-hydrogen) atoms. The Balaban J connectivity index is 2.46. The number of nitriles is 1. The minimum absolute atomic E-state index is 0.0294. The van der Waals surface area contributed by atoms with E-state index in [1.807, 2.05) is 18.8 Å². The summed E-state index contributed by atoms with van der Waals surface area (Å²) in [5.41, 5.74) is 2.62. The topological polar surface area (TPSA) is 35.8 Å². The first-order valence-electron chi connectivity index (χ1n) is 5.44. The molecule has 0 aliphatic carbocycles. The van der Waals surface area contributed by atoms with Gasteiger partial charge in [0.25, 0.3) is 0 Å². The van der Waals surface area contributed by atoms with Crippen LogP contribution in [0.25, 0.3) is 0 Å². The molecule has 0 spiro atoms. The molecule has 1 aromatic carbocycles. The Labute approximate surface area is 102 Å². The van der Waals surface area contributed by atoms with Crippen molar-refractivity contribution in [2.75, 3.05) is 12.8 Å². The molecule has 3 heteroatoms. The number of hydrogen-bond donors (Lipinski definition) is 1. The van der Waals surface area contributed by atoms with Gasteiger partial charge in [-0.2, -0.15) is 5.26 Å². The second-order valence-electron chi connectivity index (χ2n) is 3.88. The number of rotatable bonds is 5. The largest absolute Gasteiger partial charge is 0.305 e. The van der Waals surface area contributed by atoms with Gasteiger partial charge in [-0.3, -0.25) is 0 Å². The van der Waals surface area contributed by atoms with Crippen molar-refractivity contribution in [3.63, 3.8) is 0 Å². The molecule has 0 aliphatic heterocycles. The standard InChI is InChI=1S/C13H18N2S/c1-10-4-5-13(11(2)8-10)16-7-6-12(9-14)15-3/h4-5,8,12,15H,6-7H2,1-3H3. The summed E-state index contributed by atoms with van der Waals surface area (Å²) in [7, 11) is 1.83. The normalized spacial score (nSPS) is 12.1. The summed E-state index contributed by atoms with van der Waals surface area (Å²) in [6, 6.07) is 8.70. The third-order valence-electron chi connectivity index (χ3n) is 2.50. The van der Waals surface area contributed by atoms with Crippen molar-refractivity contribution in [1.29, 1.82) is 5.26 Å². The van der Waals surface area contributed by atoms with Crippen molar-refractivity contribution in [1.82, 2.24) is 5.32 Å². The lowest BCUT2D eigenvalue weighted by molar-refractivity contribution is 0.663. The lowest BCUT2D eigenvalue weighted by Crippen LogP contribution is -2.23. The van der Waals surface area contributed by atoms with E-state index in [9.17, 15) is 0 Å². The highest BCUT2D eigenvalue weighted by atomic mass is 32.2. The van der Waals surface area contributed by atoms with Crippen LogP contribution in [0.15, 0.2) is 23.1 Å². The van der Waals surface area contributed by atoms with Gasteiger partial charge in [-0.05, 0) is 38.9 Å². The third kappa shape index (κ3) is 3.88. The Morgan fingerprint density at radius 2 is 2.19 bits per heavy atom. The second-order valence-corrected chi connectivity index (χ2v) is 5.01. The lowest BCUT2D eigenvalue weighted by Gasteiger charge is -2.09. The molecule has 1 unspecified atom stereocenters. The molecule has 0 radical (unpaired) electrons. The van der Waals surface area contributed by atoms with Gasteiger partial charge in [0, 0.05) is 10.6 Å². The van der Waals surface area contributed by atoms with Gasteiger partial charge in [-0.1, -0.05) is 17.7 Å². The minimum atomic E-state index is -0.0294. The van der Waals surface area contributed by atoms with Crippen molar-refractivity contribution < 1.29 is 0 Å². The molecule has 0 aromatic heterocycles. The van der Waals surface area contributed by atoms with Crippen molar-refractivity contribution in [2.24, 2.45) is 0 Å². The van der Waals surface area contributed by atoms with Crippen LogP contribution in [0.5, 0.6) is 0 Å². The van der Waals surface area contributed by atoms with E-state index >= 15 is 0 Å². The summed E-state index contributed by atoms with van der Waals surface area (Å²) < 4.78 is 0. The van der Waals surface area contributed by atoms with Gasteiger partial charge in [0.1, 0.15) is 0 Å². The first-order chi connectivity index (χ1) is 7.67. The van der Waals surface area contributed by atoms with Crippen molar-refractivity contribution >= 4 is 11.8 Å². The Morgan fingerprint density at radius 3 is 2.75 bits per heavy atom. The molecule has 0 saturated heterocycles. The molecule has 0 amide bonds. The monoisotopic (exact) mass is 234 g/mol. The summed E-state index contributed by atoms with van der Waals surface area (Å²) >= 11 is 1.82. The maximum Gasteiger partial charge on any atom is 0.0958 e. The third-order valence-corrected chi connectivity index (χ3v) is 3.71. The number of aryl methyl sites for hydroxylation is 2. The Morgan fingerprint density at radius 1 is 1.44 bits per heavy atom. The SMILES string of the molecule is CNC(C#N)CCSc1ccc(C)cc1C. The van der Waals surface area contributed by atoms with E-state index in [1.165, 1.54) is 16.0 Å². The van der Waals surface area contributed by atoms with Crippen LogP contribution in [0.2, 0.25) is 0 Å². The highest BCUT2D eigenvalue weighted by Gasteiger charge is 2.04. The van der Waals surface area contributed by atoms with Gasteiger partial charge in [0.2, 0.25) is 0 Å². The summed E-state index contributed by atoms with van der Waals surface area (Å²) in [5.74, 6) is 0.975. The summed E-state index contributed by atoms with van der Waals surface area (Å²) in [6.45, 7) is 4.24. The fourth-order valence-corrected chi connectivity index (χ4v) is 2.55. The second kappa shape index (κ2) is 6.57. The van der Waals surface area contributed by atoms with Crippen LogP contribution < -0.4 is 5.32 Å². The maximum atomic E-state index is 8.79. The van der Waals surface area contributed by atoms with Gasteiger partial charge in [0.05, 0.1) is 12.1 Å². The number of hydrogen-bond acceptors (Lipinski definition) is 3. The zero-order valence-electron chi connectivity index (χ0n) is 10.1. The summed E-state index contributed by atoms with van der Waals surface area (Å²) in [5, 5.41) is 11.8. The highest BCUT2D eigenvalue weighted by molar-refractivity contribution is 7.99. The molecule has 1 aromatic rings. The first kappa shape index (κ1) is 13.1. The molecular weight excluding hydrogens is 216 g/mol. The molecule has 0 heterocycles. The first-order valence-corrected chi connectivity index (χ1v) is 6.43. The van der Waals surface area contributed by atoms with E-state index in [-0.39, 0.29) is 6.04 Å². The molecule has 1 N–H and O–H groups in total. The Hall–Kier alpha value is -0.980. The molecular formula is C13H18N2S. The van der Waals surface area contributed by atoms with Gasteiger partial charge >= 0.3 is 0 Å². The Bertz CT molecular complexity index is 382. The fourth-order valence-electron chi connectivity index (χ4n) is 1.52. The molecule has 1 rings (SSSR count). The van der Waals surface area contributed by atoms with E-state index in [4.69, 9.17) is 5.26 Å². The quantitative estimate of drug-likeness (QED) is 0.796. The number of thioether (sulfide) groups is 1. The van der Waals surface area contributed by atoms with Crippen LogP contribution in [0, 0.1) is 25.2 Å². The van der Waals surface area contributed by atoms with Crippen LogP contribution >= 0.6 is 11.8 Å². The zero-order chi connectivity index (χ0) is 12.0. The number of benzene rings is 1. The zero-order valence-corrected chi connectivity index (χ0v) is 10.9. The lowest BCUT2D eigenvalue weighted by atomic mass is 10.2. The Kier molecular flexibility index (Phi) is 5.37. The van der Waals surface area contributed by atoms with E-state index in [1.54, 1.807) is 0 Å². The molecule has 2 nitrogen and oxygen atoms in total. The number of nitrogens with zero attached hydrogens (tertiary/aromatic N) is 1. The number of nitrogens with one attached hydrogen (secondary N) is 1. The molecule has 0 bridgehead atoms. The van der Waals surface area contributed by atoms with Crippen molar-refractivity contribution in [3.05, 3.63) is 29.3 Å². The van der Waals surface area contributed by atoms with Gasteiger partial charge in [-0.15, -0.1) is 11.8 Å². The maximum absolute atomic E-state index is 8.79. The van der Waals surface area contributed by atoms with Crippen molar-refractivity contribution in [3.8, 4) is 6.07 Å². The van der Waals surface area contributed by atoms with E-state index in [2.05, 4.69) is 43.4 Å². The minimum Gasteiger partial charge on any atom is -0.305 e. The van der Waals surface area contributed by atoms with Crippen LogP contribution in [0.3, 0.4) is 0 Å². The van der Waals surface area contributed by atoms with E-state index in [0.717, 1.165) is 12.2 Å². The molecule has 1 atom stereocenters. The average molecular weight is 234 g/mol. The predicted molar refractivity (Wildman–Crippen MR) is 69.7 cm³/mol. The predicted octanol–water partition coefficient (Wildman–Crippen LogP) is 2.90. The average Bonchev–Trinajstić information content (AvgIpc) is 2.27. The van der Waals surface area contributed by atoms with Crippen molar-refractivity contribution in [2.45, 2.75) is 31.2 Å². The summed E-state index contributed by atoms with van der Waals surface area (Å²) in [4.78, 5) is 1.32. The van der Waals surface area contributed by atoms with E-state index in [0.29, 0.717) is 0 Å².